The van der Waals surface area contributed by atoms with Crippen molar-refractivity contribution in [1.82, 2.24) is 9.55 Å². The molecule has 0 spiro atoms. The molecular formula is C11H6F3N3O5. The van der Waals surface area contributed by atoms with Crippen molar-refractivity contribution in [3.8, 4) is 11.4 Å². The van der Waals surface area contributed by atoms with Gasteiger partial charge in [-0.25, -0.2) is 4.79 Å². The van der Waals surface area contributed by atoms with E-state index in [9.17, 15) is 38.0 Å². The Hall–Kier alpha value is -3.11. The van der Waals surface area contributed by atoms with E-state index in [1.807, 2.05) is 0 Å². The molecule has 11 heteroatoms. The fourth-order valence-electron chi connectivity index (χ4n) is 1.76. The number of benzene rings is 1. The number of nitro benzene ring substituents is 1. The van der Waals surface area contributed by atoms with E-state index in [0.29, 0.717) is 6.07 Å². The summed E-state index contributed by atoms with van der Waals surface area (Å²) in [4.78, 5) is 34.0. The number of rotatable bonds is 2. The van der Waals surface area contributed by atoms with Gasteiger partial charge in [0.2, 0.25) is 0 Å². The standard InChI is InChI=1S/C11H6F3N3O5/c12-11(13,14)8-4-9(19)15-10(20)16(8)5-1-2-7(18)6(3-5)17(21)22/h1-4,18H,(H,15,19,20). The fourth-order valence-corrected chi connectivity index (χ4v) is 1.76. The number of phenolic OH excluding ortho intramolecular Hbond substituents is 1. The number of hydrogen-bond donors (Lipinski definition) is 2. The minimum atomic E-state index is -5.04. The number of phenols is 1. The Kier molecular flexibility index (Phi) is 3.49. The van der Waals surface area contributed by atoms with Crippen LogP contribution in [-0.4, -0.2) is 19.6 Å². The average Bonchev–Trinajstić information content (AvgIpc) is 2.37. The molecule has 0 atom stereocenters. The summed E-state index contributed by atoms with van der Waals surface area (Å²) in [5.41, 5.74) is -5.69. The lowest BCUT2D eigenvalue weighted by atomic mass is 10.2. The van der Waals surface area contributed by atoms with Crippen molar-refractivity contribution in [3.05, 3.63) is 60.9 Å². The third kappa shape index (κ3) is 2.68. The number of aromatic nitrogens is 2. The molecule has 2 rings (SSSR count). The molecule has 0 aliphatic carbocycles. The highest BCUT2D eigenvalue weighted by atomic mass is 19.4. The molecule has 0 aliphatic heterocycles. The van der Waals surface area contributed by atoms with E-state index in [1.54, 1.807) is 4.98 Å². The first-order valence-electron chi connectivity index (χ1n) is 5.52. The molecule has 0 fully saturated rings. The number of nitrogens with zero attached hydrogens (tertiary/aromatic N) is 2. The van der Waals surface area contributed by atoms with E-state index >= 15 is 0 Å². The number of aromatic hydroxyl groups is 1. The number of alkyl halides is 3. The molecular weight excluding hydrogens is 311 g/mol. The quantitative estimate of drug-likeness (QED) is 0.636. The van der Waals surface area contributed by atoms with Crippen molar-refractivity contribution in [3.63, 3.8) is 0 Å². The second kappa shape index (κ2) is 5.02. The Morgan fingerprint density at radius 1 is 1.23 bits per heavy atom. The first-order valence-corrected chi connectivity index (χ1v) is 5.52. The highest BCUT2D eigenvalue weighted by Gasteiger charge is 2.36. The number of H-pyrrole nitrogens is 1. The predicted octanol–water partition coefficient (Wildman–Crippen LogP) is 1.16. The van der Waals surface area contributed by atoms with Gasteiger partial charge in [0, 0.05) is 12.1 Å². The van der Waals surface area contributed by atoms with E-state index in [2.05, 4.69) is 0 Å². The normalized spacial score (nSPS) is 11.4. The van der Waals surface area contributed by atoms with Gasteiger partial charge >= 0.3 is 17.6 Å². The van der Waals surface area contributed by atoms with Crippen molar-refractivity contribution in [2.75, 3.05) is 0 Å². The van der Waals surface area contributed by atoms with Gasteiger partial charge in [0.25, 0.3) is 5.56 Å². The zero-order chi connectivity index (χ0) is 16.7. The van der Waals surface area contributed by atoms with Crippen molar-refractivity contribution < 1.29 is 23.2 Å². The first-order chi connectivity index (χ1) is 10.1. The highest BCUT2D eigenvalue weighted by Crippen LogP contribution is 2.32. The molecule has 0 saturated carbocycles. The maximum Gasteiger partial charge on any atom is 0.432 e. The molecule has 116 valence electrons. The Morgan fingerprint density at radius 2 is 1.86 bits per heavy atom. The van der Waals surface area contributed by atoms with E-state index in [4.69, 9.17) is 0 Å². The van der Waals surface area contributed by atoms with Gasteiger partial charge in [-0.05, 0) is 12.1 Å². The number of hydrogen-bond acceptors (Lipinski definition) is 5. The maximum absolute atomic E-state index is 12.9. The lowest BCUT2D eigenvalue weighted by molar-refractivity contribution is -0.385. The van der Waals surface area contributed by atoms with Crippen LogP contribution in [-0.2, 0) is 6.18 Å². The zero-order valence-electron chi connectivity index (χ0n) is 10.4. The van der Waals surface area contributed by atoms with Gasteiger partial charge in [0.1, 0.15) is 5.69 Å². The molecule has 0 amide bonds. The SMILES string of the molecule is O=c1cc(C(F)(F)F)n(-c2ccc(O)c([N+](=O)[O-])c2)c(=O)[nH]1. The Bertz CT molecular complexity index is 868. The van der Waals surface area contributed by atoms with Gasteiger partial charge < -0.3 is 5.11 Å². The third-order valence-electron chi connectivity index (χ3n) is 2.65. The fraction of sp³-hybridized carbons (Fsp3) is 0.0909. The van der Waals surface area contributed by atoms with Crippen LogP contribution in [0.5, 0.6) is 5.75 Å². The summed E-state index contributed by atoms with van der Waals surface area (Å²) in [7, 11) is 0. The summed E-state index contributed by atoms with van der Waals surface area (Å²) in [6.45, 7) is 0. The van der Waals surface area contributed by atoms with Crippen LogP contribution in [0.2, 0.25) is 0 Å². The molecule has 22 heavy (non-hydrogen) atoms. The summed E-state index contributed by atoms with van der Waals surface area (Å²) in [6.07, 6.45) is -5.04. The predicted molar refractivity (Wildman–Crippen MR) is 66.0 cm³/mol. The lowest BCUT2D eigenvalue weighted by Gasteiger charge is -2.14. The Balaban J connectivity index is 2.84. The molecule has 0 aliphatic rings. The van der Waals surface area contributed by atoms with Crippen molar-refractivity contribution in [2.24, 2.45) is 0 Å². The summed E-state index contributed by atoms with van der Waals surface area (Å²) in [5, 5.41) is 20.0. The van der Waals surface area contributed by atoms with Crippen molar-refractivity contribution in [2.45, 2.75) is 6.18 Å². The second-order valence-electron chi connectivity index (χ2n) is 4.09. The van der Waals surface area contributed by atoms with Crippen LogP contribution >= 0.6 is 0 Å². The maximum atomic E-state index is 12.9. The highest BCUT2D eigenvalue weighted by molar-refractivity contribution is 5.53. The zero-order valence-corrected chi connectivity index (χ0v) is 10.4. The minimum Gasteiger partial charge on any atom is -0.502 e. The molecule has 0 radical (unpaired) electrons. The molecule has 1 aromatic heterocycles. The van der Waals surface area contributed by atoms with Gasteiger partial charge in [-0.3, -0.25) is 24.5 Å². The second-order valence-corrected chi connectivity index (χ2v) is 4.09. The first kappa shape index (κ1) is 15.3. The molecule has 0 saturated heterocycles. The van der Waals surface area contributed by atoms with Crippen LogP contribution in [0.15, 0.2) is 33.9 Å². The molecule has 0 bridgehead atoms. The molecule has 1 aromatic carbocycles. The van der Waals surface area contributed by atoms with Gasteiger partial charge in [-0.15, -0.1) is 0 Å². The Labute approximate surface area is 118 Å². The van der Waals surface area contributed by atoms with Gasteiger partial charge in [0.15, 0.2) is 5.75 Å². The number of nitrogens with one attached hydrogen (secondary N) is 1. The number of halogens is 3. The molecule has 8 nitrogen and oxygen atoms in total. The van der Waals surface area contributed by atoms with Crippen LogP contribution in [0.3, 0.4) is 0 Å². The monoisotopic (exact) mass is 317 g/mol. The third-order valence-corrected chi connectivity index (χ3v) is 2.65. The van der Waals surface area contributed by atoms with Crippen LogP contribution in [0.1, 0.15) is 5.69 Å². The summed E-state index contributed by atoms with van der Waals surface area (Å²) in [5.74, 6) is -0.778. The van der Waals surface area contributed by atoms with Gasteiger partial charge in [0.05, 0.1) is 10.6 Å². The minimum absolute atomic E-state index is 0.0633. The number of nitro groups is 1. The van der Waals surface area contributed by atoms with Gasteiger partial charge in [-0.2, -0.15) is 13.2 Å². The van der Waals surface area contributed by atoms with E-state index < -0.39 is 45.2 Å². The van der Waals surface area contributed by atoms with E-state index in [-0.39, 0.29) is 10.6 Å². The molecule has 2 aromatic rings. The Morgan fingerprint density at radius 3 is 2.41 bits per heavy atom. The molecule has 2 N–H and O–H groups in total. The summed E-state index contributed by atoms with van der Waals surface area (Å²) in [6, 6.07) is 2.38. The van der Waals surface area contributed by atoms with E-state index in [0.717, 1.165) is 12.1 Å². The smallest absolute Gasteiger partial charge is 0.432 e. The van der Waals surface area contributed by atoms with E-state index in [1.165, 1.54) is 0 Å². The van der Waals surface area contributed by atoms with Crippen molar-refractivity contribution >= 4 is 5.69 Å². The summed E-state index contributed by atoms with van der Waals surface area (Å²) >= 11 is 0. The van der Waals surface area contributed by atoms with Crippen LogP contribution in [0, 0.1) is 10.1 Å². The van der Waals surface area contributed by atoms with Gasteiger partial charge in [-0.1, -0.05) is 0 Å². The largest absolute Gasteiger partial charge is 0.502 e. The topological polar surface area (TPSA) is 118 Å². The number of aromatic amines is 1. The van der Waals surface area contributed by atoms with Crippen molar-refractivity contribution in [1.29, 1.82) is 0 Å². The van der Waals surface area contributed by atoms with Crippen LogP contribution in [0.4, 0.5) is 18.9 Å². The van der Waals surface area contributed by atoms with Crippen LogP contribution < -0.4 is 11.2 Å². The molecule has 0 unspecified atom stereocenters. The molecule has 1 heterocycles. The summed E-state index contributed by atoms with van der Waals surface area (Å²) < 4.78 is 38.9. The van der Waals surface area contributed by atoms with Crippen LogP contribution in [0.25, 0.3) is 5.69 Å². The lowest BCUT2D eigenvalue weighted by Crippen LogP contribution is -2.34. The average molecular weight is 317 g/mol.